The monoisotopic (exact) mass is 272 g/mol. The summed E-state index contributed by atoms with van der Waals surface area (Å²) in [6.45, 7) is 5.85. The maximum atomic E-state index is 12.6. The maximum Gasteiger partial charge on any atom is 0.255 e. The van der Waals surface area contributed by atoms with E-state index >= 15 is 0 Å². The van der Waals surface area contributed by atoms with Crippen molar-refractivity contribution < 1.29 is 4.79 Å². The van der Waals surface area contributed by atoms with E-state index in [1.165, 1.54) is 6.42 Å². The van der Waals surface area contributed by atoms with Crippen molar-refractivity contribution in [3.05, 3.63) is 23.5 Å². The highest BCUT2D eigenvalue weighted by Crippen LogP contribution is 2.20. The zero-order chi connectivity index (χ0) is 14.3. The molecule has 1 aliphatic heterocycles. The molecular formula is C15H20N4O. The lowest BCUT2D eigenvalue weighted by Gasteiger charge is -2.30. The number of amides is 1. The van der Waals surface area contributed by atoms with Crippen molar-refractivity contribution in [3.8, 4) is 0 Å². The van der Waals surface area contributed by atoms with E-state index in [0.29, 0.717) is 11.5 Å². The van der Waals surface area contributed by atoms with Gasteiger partial charge in [-0.3, -0.25) is 9.48 Å². The fourth-order valence-corrected chi connectivity index (χ4v) is 2.98. The first-order chi connectivity index (χ1) is 9.56. The molecule has 1 atom stereocenters. The van der Waals surface area contributed by atoms with E-state index < -0.39 is 0 Å². The van der Waals surface area contributed by atoms with E-state index in [4.69, 9.17) is 0 Å². The molecule has 1 unspecified atom stereocenters. The minimum Gasteiger partial charge on any atom is -0.338 e. The van der Waals surface area contributed by atoms with E-state index in [1.54, 1.807) is 10.9 Å². The molecule has 20 heavy (non-hydrogen) atoms. The third-order valence-corrected chi connectivity index (χ3v) is 4.05. The van der Waals surface area contributed by atoms with Crippen molar-refractivity contribution in [1.29, 1.82) is 0 Å². The number of rotatable bonds is 1. The summed E-state index contributed by atoms with van der Waals surface area (Å²) in [7, 11) is 1.87. The van der Waals surface area contributed by atoms with E-state index in [0.717, 1.165) is 36.2 Å². The summed E-state index contributed by atoms with van der Waals surface area (Å²) >= 11 is 0. The number of nitrogens with zero attached hydrogens (tertiary/aromatic N) is 4. The molecule has 5 heteroatoms. The average Bonchev–Trinajstić information content (AvgIpc) is 2.73. The van der Waals surface area contributed by atoms with Crippen LogP contribution >= 0.6 is 0 Å². The zero-order valence-electron chi connectivity index (χ0n) is 12.3. The number of aromatic nitrogens is 3. The van der Waals surface area contributed by atoms with Crippen LogP contribution < -0.4 is 0 Å². The van der Waals surface area contributed by atoms with Gasteiger partial charge in [0.1, 0.15) is 0 Å². The number of fused-ring (bicyclic) bond motifs is 1. The minimum atomic E-state index is 0.0919. The standard InChI is InChI=1S/C15H20N4O/c1-10-5-4-6-19(9-10)15(20)12-7-13-11(2)17-18(3)14(13)16-8-12/h7-8,10H,4-6,9H2,1-3H3. The summed E-state index contributed by atoms with van der Waals surface area (Å²) in [6.07, 6.45) is 3.97. The van der Waals surface area contributed by atoms with Gasteiger partial charge in [-0.15, -0.1) is 0 Å². The van der Waals surface area contributed by atoms with Crippen molar-refractivity contribution in [3.63, 3.8) is 0 Å². The molecule has 1 saturated heterocycles. The SMILES string of the molecule is Cc1nn(C)c2ncc(C(=O)N3CCCC(C)C3)cc12. The predicted octanol–water partition coefficient (Wildman–Crippen LogP) is 2.15. The molecule has 2 aromatic rings. The van der Waals surface area contributed by atoms with Crippen LogP contribution in [0.25, 0.3) is 11.0 Å². The van der Waals surface area contributed by atoms with Crippen molar-refractivity contribution in [2.24, 2.45) is 13.0 Å². The Morgan fingerprint density at radius 1 is 1.45 bits per heavy atom. The predicted molar refractivity (Wildman–Crippen MR) is 77.5 cm³/mol. The lowest BCUT2D eigenvalue weighted by molar-refractivity contribution is 0.0683. The number of carbonyl (C=O) groups is 1. The van der Waals surface area contributed by atoms with Crippen LogP contribution in [0.15, 0.2) is 12.3 Å². The minimum absolute atomic E-state index is 0.0919. The van der Waals surface area contributed by atoms with Crippen LogP contribution in [-0.4, -0.2) is 38.7 Å². The first kappa shape index (κ1) is 13.1. The largest absolute Gasteiger partial charge is 0.338 e. The Bertz CT molecular complexity index is 661. The molecule has 106 valence electrons. The van der Waals surface area contributed by atoms with Crippen molar-refractivity contribution in [1.82, 2.24) is 19.7 Å². The van der Waals surface area contributed by atoms with Crippen LogP contribution in [0.3, 0.4) is 0 Å². The van der Waals surface area contributed by atoms with Gasteiger partial charge in [0.05, 0.1) is 11.3 Å². The highest BCUT2D eigenvalue weighted by atomic mass is 16.2. The molecule has 1 aliphatic rings. The van der Waals surface area contributed by atoms with E-state index in [2.05, 4.69) is 17.0 Å². The Labute approximate surface area is 118 Å². The Balaban J connectivity index is 1.93. The molecule has 0 N–H and O–H groups in total. The van der Waals surface area contributed by atoms with Crippen molar-refractivity contribution in [2.45, 2.75) is 26.7 Å². The van der Waals surface area contributed by atoms with Gasteiger partial charge in [0.15, 0.2) is 5.65 Å². The summed E-state index contributed by atoms with van der Waals surface area (Å²) in [6, 6.07) is 1.92. The van der Waals surface area contributed by atoms with Gasteiger partial charge in [0, 0.05) is 31.7 Å². The summed E-state index contributed by atoms with van der Waals surface area (Å²) in [5.74, 6) is 0.679. The van der Waals surface area contributed by atoms with Crippen molar-refractivity contribution in [2.75, 3.05) is 13.1 Å². The molecule has 3 heterocycles. The highest BCUT2D eigenvalue weighted by Gasteiger charge is 2.22. The molecule has 0 bridgehead atoms. The summed E-state index contributed by atoms with van der Waals surface area (Å²) in [5, 5.41) is 5.31. The van der Waals surface area contributed by atoms with Crippen LogP contribution in [0.1, 0.15) is 35.8 Å². The van der Waals surface area contributed by atoms with Gasteiger partial charge in [0.2, 0.25) is 0 Å². The molecule has 1 fully saturated rings. The van der Waals surface area contributed by atoms with Crippen LogP contribution in [0, 0.1) is 12.8 Å². The lowest BCUT2D eigenvalue weighted by Crippen LogP contribution is -2.39. The van der Waals surface area contributed by atoms with Crippen LogP contribution in [-0.2, 0) is 7.05 Å². The quantitative estimate of drug-likeness (QED) is 0.799. The second-order valence-corrected chi connectivity index (χ2v) is 5.80. The number of piperidine rings is 1. The normalized spacial score (nSPS) is 19.6. The van der Waals surface area contributed by atoms with Gasteiger partial charge >= 0.3 is 0 Å². The number of aryl methyl sites for hydroxylation is 2. The molecule has 2 aromatic heterocycles. The molecular weight excluding hydrogens is 252 g/mol. The second-order valence-electron chi connectivity index (χ2n) is 5.80. The Kier molecular flexibility index (Phi) is 3.20. The molecule has 0 spiro atoms. The smallest absolute Gasteiger partial charge is 0.255 e. The number of pyridine rings is 1. The first-order valence-electron chi connectivity index (χ1n) is 7.15. The Morgan fingerprint density at radius 3 is 3.00 bits per heavy atom. The third-order valence-electron chi connectivity index (χ3n) is 4.05. The van der Waals surface area contributed by atoms with Gasteiger partial charge in [0.25, 0.3) is 5.91 Å². The lowest BCUT2D eigenvalue weighted by atomic mass is 9.99. The summed E-state index contributed by atoms with van der Waals surface area (Å²) in [4.78, 5) is 18.9. The number of likely N-dealkylation sites (tertiary alicyclic amines) is 1. The molecule has 0 saturated carbocycles. The zero-order valence-corrected chi connectivity index (χ0v) is 12.3. The van der Waals surface area contributed by atoms with Crippen LogP contribution in [0.5, 0.6) is 0 Å². The fourth-order valence-electron chi connectivity index (χ4n) is 2.98. The third kappa shape index (κ3) is 2.17. The van der Waals surface area contributed by atoms with Gasteiger partial charge in [-0.05, 0) is 31.7 Å². The first-order valence-corrected chi connectivity index (χ1v) is 7.15. The molecule has 1 amide bonds. The molecule has 0 radical (unpaired) electrons. The van der Waals surface area contributed by atoms with Crippen LogP contribution in [0.2, 0.25) is 0 Å². The molecule has 0 aliphatic carbocycles. The number of hydrogen-bond acceptors (Lipinski definition) is 3. The maximum absolute atomic E-state index is 12.6. The van der Waals surface area contributed by atoms with E-state index in [9.17, 15) is 4.79 Å². The number of hydrogen-bond donors (Lipinski definition) is 0. The average molecular weight is 272 g/mol. The molecule has 3 rings (SSSR count). The van der Waals surface area contributed by atoms with Gasteiger partial charge in [-0.2, -0.15) is 5.10 Å². The Morgan fingerprint density at radius 2 is 2.25 bits per heavy atom. The number of carbonyl (C=O) groups excluding carboxylic acids is 1. The summed E-state index contributed by atoms with van der Waals surface area (Å²) < 4.78 is 1.75. The summed E-state index contributed by atoms with van der Waals surface area (Å²) in [5.41, 5.74) is 2.41. The highest BCUT2D eigenvalue weighted by molar-refractivity contribution is 5.97. The molecule has 5 nitrogen and oxygen atoms in total. The van der Waals surface area contributed by atoms with Crippen LogP contribution in [0.4, 0.5) is 0 Å². The van der Waals surface area contributed by atoms with E-state index in [1.807, 2.05) is 24.9 Å². The van der Waals surface area contributed by atoms with Gasteiger partial charge in [-0.25, -0.2) is 4.98 Å². The fraction of sp³-hybridized carbons (Fsp3) is 0.533. The Hall–Kier alpha value is -1.91. The van der Waals surface area contributed by atoms with Gasteiger partial charge in [-0.1, -0.05) is 6.92 Å². The van der Waals surface area contributed by atoms with E-state index in [-0.39, 0.29) is 5.91 Å². The van der Waals surface area contributed by atoms with Gasteiger partial charge < -0.3 is 4.90 Å². The molecule has 0 aromatic carbocycles. The topological polar surface area (TPSA) is 51.0 Å². The van der Waals surface area contributed by atoms with Crippen molar-refractivity contribution >= 4 is 16.9 Å². The second kappa shape index (κ2) is 4.89.